The number of benzene rings is 4. The fraction of sp³-hybridized carbons (Fsp3) is 0. The number of fused-ring (bicyclic) bond motifs is 2. The highest BCUT2D eigenvalue weighted by atomic mass is 32.2. The molecule has 6 aromatic rings. The summed E-state index contributed by atoms with van der Waals surface area (Å²) < 4.78 is 54.9. The lowest BCUT2D eigenvalue weighted by atomic mass is 10.1. The van der Waals surface area contributed by atoms with Gasteiger partial charge in [-0.1, -0.05) is 48.5 Å². The van der Waals surface area contributed by atoms with Crippen molar-refractivity contribution >= 4 is 92.3 Å². The molecule has 2 heterocycles. The van der Waals surface area contributed by atoms with E-state index in [4.69, 9.17) is 5.73 Å². The molecule has 1 amide bonds. The average molecular weight is 639 g/mol. The van der Waals surface area contributed by atoms with Gasteiger partial charge in [-0.15, -0.1) is 22.7 Å². The lowest BCUT2D eigenvalue weighted by Crippen LogP contribution is -2.13. The highest BCUT2D eigenvalue weighted by molar-refractivity contribution is 7.93. The highest BCUT2D eigenvalue weighted by Crippen LogP contribution is 2.30. The molecule has 0 saturated heterocycles. The zero-order valence-electron chi connectivity index (χ0n) is 21.5. The van der Waals surface area contributed by atoms with Crippen molar-refractivity contribution in [2.45, 2.75) is 9.79 Å². The minimum atomic E-state index is -3.76. The normalized spacial score (nSPS) is 11.4. The Bertz CT molecular complexity index is 2080. The molecule has 11 nitrogen and oxygen atoms in total. The monoisotopic (exact) mass is 638 g/mol. The number of aromatic nitrogens is 2. The first-order valence-corrected chi connectivity index (χ1v) is 16.8. The van der Waals surface area contributed by atoms with E-state index in [2.05, 4.69) is 24.7 Å². The number of amides is 1. The molecule has 15 heteroatoms. The van der Waals surface area contributed by atoms with E-state index < -0.39 is 20.0 Å². The van der Waals surface area contributed by atoms with Crippen LogP contribution in [0.4, 0.5) is 21.6 Å². The molecular formula is C27H22N6O5S4. The van der Waals surface area contributed by atoms with Gasteiger partial charge < -0.3 is 11.1 Å². The Morgan fingerprint density at radius 2 is 1.12 bits per heavy atom. The van der Waals surface area contributed by atoms with Crippen molar-refractivity contribution in [1.82, 2.24) is 9.97 Å². The minimum Gasteiger partial charge on any atom is -0.398 e. The van der Waals surface area contributed by atoms with Gasteiger partial charge >= 0.3 is 0 Å². The third-order valence-corrected chi connectivity index (χ3v) is 10.3. The summed E-state index contributed by atoms with van der Waals surface area (Å²) in [5, 5.41) is 9.09. The number of hydrogen-bond donors (Lipinski definition) is 4. The number of thiazole rings is 2. The highest BCUT2D eigenvalue weighted by Gasteiger charge is 2.20. The number of nitrogens with zero attached hydrogens (tertiary/aromatic N) is 2. The molecule has 0 fully saturated rings. The second-order valence-corrected chi connectivity index (χ2v) is 13.6. The predicted molar refractivity (Wildman–Crippen MR) is 168 cm³/mol. The lowest BCUT2D eigenvalue weighted by molar-refractivity contribution is -0.105. The van der Waals surface area contributed by atoms with Gasteiger partial charge in [0.25, 0.3) is 20.0 Å². The van der Waals surface area contributed by atoms with Crippen molar-refractivity contribution in [3.63, 3.8) is 0 Å². The van der Waals surface area contributed by atoms with Gasteiger partial charge in [-0.25, -0.2) is 26.8 Å². The fourth-order valence-electron chi connectivity index (χ4n) is 4.13. The van der Waals surface area contributed by atoms with Gasteiger partial charge in [0.15, 0.2) is 10.3 Å². The minimum absolute atomic E-state index is 0.134. The molecule has 4 aromatic carbocycles. The Hall–Kier alpha value is -4.57. The van der Waals surface area contributed by atoms with Crippen molar-refractivity contribution < 1.29 is 21.6 Å². The fourth-order valence-corrected chi connectivity index (χ4v) is 8.16. The number of rotatable bonds is 8. The first kappa shape index (κ1) is 28.9. The number of nitrogens with two attached hydrogens (primary N) is 1. The van der Waals surface area contributed by atoms with E-state index in [1.54, 1.807) is 83.7 Å². The van der Waals surface area contributed by atoms with Gasteiger partial charge in [-0.3, -0.25) is 14.2 Å². The zero-order valence-corrected chi connectivity index (χ0v) is 24.7. The van der Waals surface area contributed by atoms with Crippen LogP contribution in [0.25, 0.3) is 21.5 Å². The van der Waals surface area contributed by atoms with E-state index >= 15 is 0 Å². The van der Waals surface area contributed by atoms with Crippen LogP contribution in [0, 0.1) is 0 Å². The van der Waals surface area contributed by atoms with Gasteiger partial charge in [0.05, 0.1) is 9.79 Å². The van der Waals surface area contributed by atoms with Gasteiger partial charge in [0.2, 0.25) is 6.41 Å². The number of anilines is 4. The number of sulfonamides is 2. The molecule has 2 aromatic heterocycles. The summed E-state index contributed by atoms with van der Waals surface area (Å²) in [6.07, 6.45) is 3.63. The van der Waals surface area contributed by atoms with Gasteiger partial charge in [0, 0.05) is 56.1 Å². The summed E-state index contributed by atoms with van der Waals surface area (Å²) in [7, 11) is -7.44. The third-order valence-electron chi connectivity index (χ3n) is 5.90. The van der Waals surface area contributed by atoms with Gasteiger partial charge in [-0.05, 0) is 24.3 Å². The Morgan fingerprint density at radius 3 is 1.64 bits per heavy atom. The van der Waals surface area contributed by atoms with E-state index in [1.807, 2.05) is 0 Å². The third kappa shape index (κ3) is 6.18. The Morgan fingerprint density at radius 1 is 0.643 bits per heavy atom. The second kappa shape index (κ2) is 12.1. The summed E-state index contributed by atoms with van der Waals surface area (Å²) in [5.41, 5.74) is 6.98. The van der Waals surface area contributed by atoms with Crippen LogP contribution in [-0.2, 0) is 24.8 Å². The van der Waals surface area contributed by atoms with Crippen LogP contribution in [0.5, 0.6) is 0 Å². The van der Waals surface area contributed by atoms with Crippen molar-refractivity contribution in [3.05, 3.63) is 96.0 Å². The number of nitrogens with one attached hydrogen (secondary N) is 3. The standard InChI is InChI=1S/C14H11N3O3S2.C13H11N3O2S2/c18-9-16-12-5-1-4-11-10(12)3-2-6-13(11)22(19,20)17-14-15-7-8-21-14;14-11-5-1-4-10-9(11)3-2-6-12(10)20(17,18)16-13-15-7-8-19-13/h1-9H,(H,15,17)(H,16,18);1-8H,14H2,(H,15,16). The molecule has 0 atom stereocenters. The van der Waals surface area contributed by atoms with Gasteiger partial charge in [0.1, 0.15) is 0 Å². The molecule has 0 aliphatic heterocycles. The van der Waals surface area contributed by atoms with E-state index in [9.17, 15) is 21.6 Å². The van der Waals surface area contributed by atoms with Crippen LogP contribution in [0.2, 0.25) is 0 Å². The molecule has 0 aliphatic carbocycles. The molecule has 214 valence electrons. The van der Waals surface area contributed by atoms with E-state index in [0.717, 1.165) is 5.39 Å². The summed E-state index contributed by atoms with van der Waals surface area (Å²) >= 11 is 2.43. The molecule has 0 saturated carbocycles. The quantitative estimate of drug-likeness (QED) is 0.128. The van der Waals surface area contributed by atoms with Crippen LogP contribution in [0.3, 0.4) is 0 Å². The van der Waals surface area contributed by atoms with E-state index in [-0.39, 0.29) is 9.79 Å². The molecule has 6 rings (SSSR count). The summed E-state index contributed by atoms with van der Waals surface area (Å²) in [5.74, 6) is 0. The van der Waals surface area contributed by atoms with Crippen LogP contribution in [-0.4, -0.2) is 33.2 Å². The number of nitrogen functional groups attached to an aromatic ring is 1. The van der Waals surface area contributed by atoms with Crippen LogP contribution in [0.15, 0.2) is 106 Å². The smallest absolute Gasteiger partial charge is 0.264 e. The average Bonchev–Trinajstić information content (AvgIpc) is 3.67. The van der Waals surface area contributed by atoms with Crippen LogP contribution >= 0.6 is 22.7 Å². The van der Waals surface area contributed by atoms with Crippen LogP contribution < -0.4 is 20.5 Å². The number of carbonyl (C=O) groups excluding carboxylic acids is 1. The van der Waals surface area contributed by atoms with Crippen molar-refractivity contribution in [2.75, 3.05) is 20.5 Å². The number of hydrogen-bond acceptors (Lipinski definition) is 10. The summed E-state index contributed by atoms with van der Waals surface area (Å²) in [6, 6.07) is 20.2. The largest absolute Gasteiger partial charge is 0.398 e. The molecular weight excluding hydrogens is 617 g/mol. The summed E-state index contributed by atoms with van der Waals surface area (Å²) in [4.78, 5) is 18.8. The summed E-state index contributed by atoms with van der Waals surface area (Å²) in [6.45, 7) is 0. The maximum Gasteiger partial charge on any atom is 0.264 e. The maximum absolute atomic E-state index is 12.5. The first-order chi connectivity index (χ1) is 20.2. The van der Waals surface area contributed by atoms with Crippen molar-refractivity contribution in [1.29, 1.82) is 0 Å². The topological polar surface area (TPSA) is 173 Å². The van der Waals surface area contributed by atoms with E-state index in [0.29, 0.717) is 44.2 Å². The van der Waals surface area contributed by atoms with Crippen molar-refractivity contribution in [2.24, 2.45) is 0 Å². The molecule has 42 heavy (non-hydrogen) atoms. The van der Waals surface area contributed by atoms with Gasteiger partial charge in [-0.2, -0.15) is 0 Å². The Balaban J connectivity index is 0.000000169. The molecule has 0 unspecified atom stereocenters. The number of carbonyl (C=O) groups is 1. The maximum atomic E-state index is 12.5. The molecule has 0 radical (unpaired) electrons. The molecule has 0 aliphatic rings. The zero-order chi connectivity index (χ0) is 29.7. The Kier molecular flexibility index (Phi) is 8.35. The second-order valence-electron chi connectivity index (χ2n) is 8.50. The van der Waals surface area contributed by atoms with Crippen LogP contribution in [0.1, 0.15) is 0 Å². The Labute approximate surface area is 249 Å². The van der Waals surface area contributed by atoms with E-state index in [1.165, 1.54) is 34.9 Å². The SMILES string of the molecule is Nc1cccc2c(S(=O)(=O)Nc3nccs3)cccc12.O=CNc1cccc2c(S(=O)(=O)Nc3nccs3)cccc12. The lowest BCUT2D eigenvalue weighted by Gasteiger charge is -2.10. The predicted octanol–water partition coefficient (Wildman–Crippen LogP) is 5.34. The van der Waals surface area contributed by atoms with Crippen molar-refractivity contribution in [3.8, 4) is 0 Å². The first-order valence-electron chi connectivity index (χ1n) is 12.0. The molecule has 0 spiro atoms. The molecule has 0 bridgehead atoms. The molecule has 5 N–H and O–H groups in total.